The molecular weight excluding hydrogens is 930 g/mol. The largest absolute Gasteiger partial charge is 0.340 e. The van der Waals surface area contributed by atoms with Gasteiger partial charge in [0.25, 0.3) is 0 Å². The van der Waals surface area contributed by atoms with Crippen molar-refractivity contribution < 1.29 is 0 Å². The van der Waals surface area contributed by atoms with Crippen LogP contribution in [0.3, 0.4) is 0 Å². The Labute approximate surface area is 377 Å². The molecule has 0 N–H and O–H groups in total. The third-order valence-corrected chi connectivity index (χ3v) is 14.2. The molecule has 0 fully saturated rings. The van der Waals surface area contributed by atoms with Crippen molar-refractivity contribution in [2.75, 3.05) is 16.0 Å². The van der Waals surface area contributed by atoms with Crippen molar-refractivity contribution in [2.45, 2.75) is 58.2 Å². The van der Waals surface area contributed by atoms with Gasteiger partial charge in [-0.1, -0.05) is 133 Å². The molecule has 0 saturated heterocycles. The standard InChI is InChI=1S/C54H48Br3N3/c55-25-7-10-28-58-51-18-6-3-15-45(51)48-34-37(21-24-52(48)58)40-31-41(38-19-22-46-43-13-1-4-16-49(43)59(53(46)35-38)29-11-8-26-56)33-42(32-40)39-20-23-47-44-14-2-5-17-50(44)60(54(47)36-39)30-12-9-27-57/h1-6,13-24,31-36H,7-12,25-30H2. The summed E-state index contributed by atoms with van der Waals surface area (Å²) in [6, 6.07) is 55.5. The first-order chi connectivity index (χ1) is 29.6. The van der Waals surface area contributed by atoms with Crippen LogP contribution in [0.5, 0.6) is 0 Å². The molecule has 0 amide bonds. The van der Waals surface area contributed by atoms with Crippen LogP contribution in [-0.2, 0) is 19.6 Å². The normalized spacial score (nSPS) is 12.1. The van der Waals surface area contributed by atoms with Gasteiger partial charge in [0.15, 0.2) is 0 Å². The van der Waals surface area contributed by atoms with E-state index in [1.165, 1.54) is 98.8 Å². The topological polar surface area (TPSA) is 14.8 Å². The number of fused-ring (bicyclic) bond motifs is 9. The minimum Gasteiger partial charge on any atom is -0.340 e. The van der Waals surface area contributed by atoms with E-state index in [4.69, 9.17) is 0 Å². The number of alkyl halides is 3. The van der Waals surface area contributed by atoms with Crippen molar-refractivity contribution in [3.63, 3.8) is 0 Å². The average Bonchev–Trinajstić information content (AvgIpc) is 3.91. The van der Waals surface area contributed by atoms with Crippen LogP contribution in [0.25, 0.3) is 98.8 Å². The molecule has 0 unspecified atom stereocenters. The van der Waals surface area contributed by atoms with Crippen molar-refractivity contribution in [1.82, 2.24) is 13.7 Å². The Hall–Kier alpha value is -4.62. The fourth-order valence-corrected chi connectivity index (χ4v) is 10.8. The van der Waals surface area contributed by atoms with E-state index in [-0.39, 0.29) is 0 Å². The highest BCUT2D eigenvalue weighted by atomic mass is 79.9. The van der Waals surface area contributed by atoms with E-state index in [1.807, 2.05) is 0 Å². The minimum absolute atomic E-state index is 0.998. The van der Waals surface area contributed by atoms with Gasteiger partial charge in [-0.05, 0) is 133 Å². The second-order valence-corrected chi connectivity index (χ2v) is 18.6. The summed E-state index contributed by atoms with van der Waals surface area (Å²) in [5.41, 5.74) is 15.3. The van der Waals surface area contributed by atoms with Gasteiger partial charge in [-0.25, -0.2) is 0 Å². The molecule has 300 valence electrons. The number of nitrogens with zero attached hydrogens (tertiary/aromatic N) is 3. The number of hydrogen-bond acceptors (Lipinski definition) is 0. The molecule has 6 heteroatoms. The Balaban J connectivity index is 1.17. The lowest BCUT2D eigenvalue weighted by Gasteiger charge is -2.14. The molecule has 3 heterocycles. The first kappa shape index (κ1) is 39.5. The summed E-state index contributed by atoms with van der Waals surface area (Å²) in [5, 5.41) is 11.0. The molecule has 0 spiro atoms. The molecule has 10 rings (SSSR count). The second-order valence-electron chi connectivity index (χ2n) is 16.2. The smallest absolute Gasteiger partial charge is 0.0497 e. The number of hydrogen-bond donors (Lipinski definition) is 0. The molecule has 0 saturated carbocycles. The van der Waals surface area contributed by atoms with Crippen LogP contribution in [0.1, 0.15) is 38.5 Å². The average molecular weight is 979 g/mol. The van der Waals surface area contributed by atoms with Gasteiger partial charge >= 0.3 is 0 Å². The quantitative estimate of drug-likeness (QED) is 0.0718. The molecule has 60 heavy (non-hydrogen) atoms. The maximum Gasteiger partial charge on any atom is 0.0497 e. The Morgan fingerprint density at radius 1 is 0.267 bits per heavy atom. The SMILES string of the molecule is BrCCCCn1c2ccccc2c2cc(-c3cc(-c4ccc5c6ccccc6n(CCCCBr)c5c4)cc(-c4ccc5c6ccccc6n(CCCCBr)c5c4)c3)ccc21. The van der Waals surface area contributed by atoms with E-state index in [9.17, 15) is 0 Å². The number of rotatable bonds is 15. The van der Waals surface area contributed by atoms with E-state index in [0.29, 0.717) is 0 Å². The molecule has 0 aliphatic rings. The van der Waals surface area contributed by atoms with Crippen LogP contribution in [0.4, 0.5) is 0 Å². The van der Waals surface area contributed by atoms with Crippen molar-refractivity contribution in [3.05, 3.63) is 146 Å². The Kier molecular flexibility index (Phi) is 11.5. The second kappa shape index (κ2) is 17.4. The molecule has 0 aliphatic carbocycles. The Bertz CT molecular complexity index is 3020. The third-order valence-electron chi connectivity index (χ3n) is 12.5. The first-order valence-electron chi connectivity index (χ1n) is 21.5. The Morgan fingerprint density at radius 3 is 1.03 bits per heavy atom. The highest BCUT2D eigenvalue weighted by Crippen LogP contribution is 2.40. The monoisotopic (exact) mass is 975 g/mol. The number of benzene rings is 7. The molecule has 0 atom stereocenters. The summed E-state index contributed by atoms with van der Waals surface area (Å²) in [6.07, 6.45) is 6.87. The predicted molar refractivity (Wildman–Crippen MR) is 271 cm³/mol. The highest BCUT2D eigenvalue weighted by Gasteiger charge is 2.17. The van der Waals surface area contributed by atoms with Gasteiger partial charge in [0.05, 0.1) is 0 Å². The summed E-state index contributed by atoms with van der Waals surface area (Å²) < 4.78 is 7.62. The van der Waals surface area contributed by atoms with Gasteiger partial charge in [0, 0.05) is 101 Å². The molecule has 10 aromatic rings. The number of para-hydroxylation sites is 3. The minimum atomic E-state index is 0.998. The predicted octanol–water partition coefficient (Wildman–Crippen LogP) is 16.5. The molecule has 0 aliphatic heterocycles. The van der Waals surface area contributed by atoms with Crippen LogP contribution in [0.15, 0.2) is 146 Å². The molecule has 7 aromatic carbocycles. The lowest BCUT2D eigenvalue weighted by molar-refractivity contribution is 0.670. The first-order valence-corrected chi connectivity index (χ1v) is 24.9. The summed E-state index contributed by atoms with van der Waals surface area (Å²) in [7, 11) is 0. The molecule has 0 bridgehead atoms. The number of unbranched alkanes of at least 4 members (excludes halogenated alkanes) is 3. The van der Waals surface area contributed by atoms with E-state index >= 15 is 0 Å². The fraction of sp³-hybridized carbons (Fsp3) is 0.222. The van der Waals surface area contributed by atoms with Crippen LogP contribution in [0.2, 0.25) is 0 Å². The fourth-order valence-electron chi connectivity index (χ4n) is 9.63. The van der Waals surface area contributed by atoms with Crippen LogP contribution in [0, 0.1) is 0 Å². The maximum absolute atomic E-state index is 3.67. The van der Waals surface area contributed by atoms with Crippen LogP contribution >= 0.6 is 47.8 Å². The van der Waals surface area contributed by atoms with Gasteiger partial charge in [-0.2, -0.15) is 0 Å². The summed E-state index contributed by atoms with van der Waals surface area (Å²) >= 11 is 11.0. The van der Waals surface area contributed by atoms with Gasteiger partial charge in [0.1, 0.15) is 0 Å². The molecule has 3 nitrogen and oxygen atoms in total. The van der Waals surface area contributed by atoms with Gasteiger partial charge in [-0.15, -0.1) is 0 Å². The number of aromatic nitrogens is 3. The lowest BCUT2D eigenvalue weighted by Crippen LogP contribution is -1.98. The van der Waals surface area contributed by atoms with Gasteiger partial charge in [0.2, 0.25) is 0 Å². The van der Waals surface area contributed by atoms with Crippen molar-refractivity contribution in [1.29, 1.82) is 0 Å². The van der Waals surface area contributed by atoms with E-state index in [0.717, 1.165) is 74.1 Å². The third kappa shape index (κ3) is 7.22. The highest BCUT2D eigenvalue weighted by molar-refractivity contribution is 9.09. The van der Waals surface area contributed by atoms with E-state index < -0.39 is 0 Å². The maximum atomic E-state index is 3.67. The number of aryl methyl sites for hydroxylation is 3. The van der Waals surface area contributed by atoms with Crippen molar-refractivity contribution >= 4 is 113 Å². The van der Waals surface area contributed by atoms with Gasteiger partial charge < -0.3 is 13.7 Å². The lowest BCUT2D eigenvalue weighted by atomic mass is 9.92. The van der Waals surface area contributed by atoms with Crippen molar-refractivity contribution in [2.24, 2.45) is 0 Å². The zero-order chi connectivity index (χ0) is 40.6. The van der Waals surface area contributed by atoms with E-state index in [2.05, 4.69) is 207 Å². The molecule has 3 aromatic heterocycles. The summed E-state index contributed by atoms with van der Waals surface area (Å²) in [6.45, 7) is 3.01. The van der Waals surface area contributed by atoms with Crippen LogP contribution in [-0.4, -0.2) is 29.7 Å². The summed E-state index contributed by atoms with van der Waals surface area (Å²) in [5.74, 6) is 0. The Morgan fingerprint density at radius 2 is 0.600 bits per heavy atom. The molecule has 0 radical (unpaired) electrons. The zero-order valence-electron chi connectivity index (χ0n) is 33.8. The molecular formula is C54H48Br3N3. The summed E-state index contributed by atoms with van der Waals surface area (Å²) in [4.78, 5) is 0. The van der Waals surface area contributed by atoms with E-state index in [1.54, 1.807) is 0 Å². The number of halogens is 3. The van der Waals surface area contributed by atoms with Gasteiger partial charge in [-0.3, -0.25) is 0 Å². The van der Waals surface area contributed by atoms with Crippen molar-refractivity contribution in [3.8, 4) is 33.4 Å². The van der Waals surface area contributed by atoms with Crippen LogP contribution < -0.4 is 0 Å². The zero-order valence-corrected chi connectivity index (χ0v) is 38.6.